The number of carboxylic acids is 1. The van der Waals surface area contributed by atoms with Crippen LogP contribution in [-0.2, 0) is 26.9 Å². The van der Waals surface area contributed by atoms with Gasteiger partial charge in [0.25, 0.3) is 0 Å². The van der Waals surface area contributed by atoms with Crippen LogP contribution < -0.4 is 4.90 Å². The number of rotatable bonds is 7. The molecule has 1 atom stereocenters. The molecule has 2 aromatic heterocycles. The Labute approximate surface area is 206 Å². The lowest BCUT2D eigenvalue weighted by Crippen LogP contribution is -2.59. The van der Waals surface area contributed by atoms with Crippen molar-refractivity contribution in [3.63, 3.8) is 0 Å². The Morgan fingerprint density at radius 2 is 1.83 bits per heavy atom. The minimum absolute atomic E-state index is 0.0294. The van der Waals surface area contributed by atoms with E-state index in [0.717, 1.165) is 16.0 Å². The smallest absolute Gasteiger partial charge is 0.389 e. The predicted octanol–water partition coefficient (Wildman–Crippen LogP) is -0.814. The van der Waals surface area contributed by atoms with Crippen molar-refractivity contribution in [2.45, 2.75) is 18.6 Å². The topological polar surface area (TPSA) is 187 Å². The fourth-order valence-corrected chi connectivity index (χ4v) is 3.86. The normalized spacial score (nSPS) is 15.6. The maximum Gasteiger partial charge on any atom is 0.389 e. The Hall–Kier alpha value is -3.56. The average Bonchev–Trinajstić information content (AvgIpc) is 3.42. The monoisotopic (exact) mass is 525 g/mol. The van der Waals surface area contributed by atoms with E-state index in [4.69, 9.17) is 23.2 Å². The largest absolute Gasteiger partial charge is 0.480 e. The summed E-state index contributed by atoms with van der Waals surface area (Å²) in [5.41, 5.74) is 0.638. The highest BCUT2D eigenvalue weighted by molar-refractivity contribution is 6.31. The molecule has 0 aliphatic carbocycles. The summed E-state index contributed by atoms with van der Waals surface area (Å²) in [6.45, 7) is -1.05. The van der Waals surface area contributed by atoms with E-state index in [9.17, 15) is 34.8 Å². The third-order valence-corrected chi connectivity index (χ3v) is 5.58. The third kappa shape index (κ3) is 5.11. The lowest BCUT2D eigenvalue weighted by atomic mass is 10.1. The van der Waals surface area contributed by atoms with Gasteiger partial charge in [-0.15, -0.1) is 5.10 Å². The van der Waals surface area contributed by atoms with Crippen molar-refractivity contribution >= 4 is 46.7 Å². The van der Waals surface area contributed by atoms with Crippen LogP contribution in [0.25, 0.3) is 5.69 Å². The second-order valence-corrected chi connectivity index (χ2v) is 8.35. The first-order chi connectivity index (χ1) is 16.4. The molecule has 3 aromatic rings. The Balaban J connectivity index is 1.59. The van der Waals surface area contributed by atoms with Crippen LogP contribution in [0.1, 0.15) is 5.69 Å². The van der Waals surface area contributed by atoms with Crippen molar-refractivity contribution in [3.8, 4) is 5.69 Å². The van der Waals surface area contributed by atoms with Gasteiger partial charge >= 0.3 is 12.1 Å². The summed E-state index contributed by atoms with van der Waals surface area (Å²) < 4.78 is 1.70. The molecule has 1 aromatic carbocycles. The first kappa shape index (κ1) is 24.6. The van der Waals surface area contributed by atoms with Gasteiger partial charge in [0.05, 0.1) is 23.3 Å². The molecule has 184 valence electrons. The maximum atomic E-state index is 13.1. The van der Waals surface area contributed by atoms with E-state index < -0.39 is 43.0 Å². The molecule has 1 fully saturated rings. The first-order valence-electron chi connectivity index (χ1n) is 9.86. The van der Waals surface area contributed by atoms with Gasteiger partial charge in [0, 0.05) is 17.6 Å². The number of carbonyl (C=O) groups excluding carboxylic acids is 2. The number of piperazine rings is 1. The molecule has 0 spiro atoms. The van der Waals surface area contributed by atoms with E-state index in [1.807, 2.05) is 0 Å². The molecule has 4 N–H and O–H groups in total. The highest BCUT2D eigenvalue weighted by atomic mass is 35.5. The zero-order valence-electron chi connectivity index (χ0n) is 17.6. The lowest BCUT2D eigenvalue weighted by Gasteiger charge is -2.37. The number of nitrogens with zero attached hydrogens (tertiary/aromatic N) is 7. The lowest BCUT2D eigenvalue weighted by molar-refractivity contribution is -0.381. The van der Waals surface area contributed by atoms with Crippen LogP contribution in [0, 0.1) is 0 Å². The number of aliphatic hydroxyl groups is 3. The average molecular weight is 526 g/mol. The summed E-state index contributed by atoms with van der Waals surface area (Å²) in [4.78, 5) is 40.1. The van der Waals surface area contributed by atoms with Crippen molar-refractivity contribution in [1.29, 1.82) is 0 Å². The number of hydrogen-bond donors (Lipinski definition) is 4. The number of amides is 2. The molecule has 1 unspecified atom stereocenters. The molecular formula is C19H17Cl2N7O7. The number of anilines is 1. The molecule has 4 rings (SSSR count). The number of halogens is 2. The van der Waals surface area contributed by atoms with Crippen molar-refractivity contribution in [1.82, 2.24) is 29.7 Å². The summed E-state index contributed by atoms with van der Waals surface area (Å²) >= 11 is 12.0. The fourth-order valence-electron chi connectivity index (χ4n) is 3.57. The van der Waals surface area contributed by atoms with E-state index in [1.165, 1.54) is 23.0 Å². The molecule has 2 amide bonds. The molecule has 0 radical (unpaired) electrons. The van der Waals surface area contributed by atoms with E-state index in [-0.39, 0.29) is 28.0 Å². The minimum atomic E-state index is -3.28. The van der Waals surface area contributed by atoms with Crippen LogP contribution in [0.5, 0.6) is 0 Å². The van der Waals surface area contributed by atoms with E-state index in [0.29, 0.717) is 10.4 Å². The van der Waals surface area contributed by atoms with Crippen molar-refractivity contribution < 1.29 is 34.8 Å². The number of benzene rings is 1. The molecular weight excluding hydrogens is 509 g/mol. The van der Waals surface area contributed by atoms with Crippen molar-refractivity contribution in [3.05, 3.63) is 52.5 Å². The van der Waals surface area contributed by atoms with Crippen molar-refractivity contribution in [2.24, 2.45) is 0 Å². The number of carboxylic acid groups (broad SMARTS) is 1. The maximum absolute atomic E-state index is 13.1. The Morgan fingerprint density at radius 3 is 2.43 bits per heavy atom. The Bertz CT molecular complexity index is 1300. The quantitative estimate of drug-likeness (QED) is 0.284. The standard InChI is InChI=1S/C19H17Cl2N7O7/c20-10-1-2-12(27-7-15(21)22-24-27)13(5-10)25-8-17(30)26(9-16(25)29)14(18(31)32)6-11-3-4-28(23-11)19(33,34)35/h1-5,7,14,33-35H,6,8-9H2,(H,31,32). The van der Waals surface area contributed by atoms with Gasteiger partial charge in [-0.25, -0.2) is 9.48 Å². The van der Waals surface area contributed by atoms with Gasteiger partial charge in [-0.3, -0.25) is 14.5 Å². The van der Waals surface area contributed by atoms with Crippen LogP contribution in [0.4, 0.5) is 5.69 Å². The van der Waals surface area contributed by atoms with Gasteiger partial charge in [-0.2, -0.15) is 9.78 Å². The van der Waals surface area contributed by atoms with Gasteiger partial charge in [0.15, 0.2) is 5.15 Å². The van der Waals surface area contributed by atoms with Crippen LogP contribution >= 0.6 is 23.2 Å². The number of aromatic nitrogens is 5. The third-order valence-electron chi connectivity index (χ3n) is 5.18. The summed E-state index contributed by atoms with van der Waals surface area (Å²) in [5.74, 6) is -2.66. The number of aliphatic carboxylic acids is 1. The molecule has 1 saturated heterocycles. The van der Waals surface area contributed by atoms with Gasteiger partial charge in [0.2, 0.25) is 11.8 Å². The van der Waals surface area contributed by atoms with E-state index >= 15 is 0 Å². The predicted molar refractivity (Wildman–Crippen MR) is 117 cm³/mol. The number of carbonyl (C=O) groups is 3. The molecule has 1 aliphatic heterocycles. The van der Waals surface area contributed by atoms with Gasteiger partial charge in [0.1, 0.15) is 19.1 Å². The van der Waals surface area contributed by atoms with Gasteiger partial charge in [-0.1, -0.05) is 28.4 Å². The highest BCUT2D eigenvalue weighted by Crippen LogP contribution is 2.30. The van der Waals surface area contributed by atoms with Gasteiger partial charge in [-0.05, 0) is 24.3 Å². The van der Waals surface area contributed by atoms with Crippen LogP contribution in [-0.4, -0.2) is 87.0 Å². The summed E-state index contributed by atoms with van der Waals surface area (Å²) in [6.07, 6.45) is -1.23. The second kappa shape index (κ2) is 9.24. The second-order valence-electron chi connectivity index (χ2n) is 7.53. The molecule has 3 heterocycles. The minimum Gasteiger partial charge on any atom is -0.480 e. The zero-order valence-corrected chi connectivity index (χ0v) is 19.1. The van der Waals surface area contributed by atoms with E-state index in [1.54, 1.807) is 12.1 Å². The zero-order chi connectivity index (χ0) is 25.5. The Kier molecular flexibility index (Phi) is 6.48. The van der Waals surface area contributed by atoms with Crippen molar-refractivity contribution in [2.75, 3.05) is 18.0 Å². The number of hydrogen-bond acceptors (Lipinski definition) is 9. The first-order valence-corrected chi connectivity index (χ1v) is 10.6. The Morgan fingerprint density at radius 1 is 1.09 bits per heavy atom. The molecule has 0 bridgehead atoms. The molecule has 14 nitrogen and oxygen atoms in total. The van der Waals surface area contributed by atoms with Crippen LogP contribution in [0.15, 0.2) is 36.7 Å². The summed E-state index contributed by atoms with van der Waals surface area (Å²) in [7, 11) is 0. The van der Waals surface area contributed by atoms with Gasteiger partial charge < -0.3 is 25.3 Å². The molecule has 16 heteroatoms. The highest BCUT2D eigenvalue weighted by Gasteiger charge is 2.39. The summed E-state index contributed by atoms with van der Waals surface area (Å²) in [5, 5.41) is 48.9. The molecule has 1 aliphatic rings. The van der Waals surface area contributed by atoms with Crippen LogP contribution in [0.2, 0.25) is 10.2 Å². The SMILES string of the molecule is O=C(O)C(Cc1ccn(C(O)(O)O)n1)N1CC(=O)N(c2cc(Cl)ccc2-n2cc(Cl)nn2)CC1=O. The molecule has 35 heavy (non-hydrogen) atoms. The summed E-state index contributed by atoms with van der Waals surface area (Å²) in [6, 6.07) is 4.32. The van der Waals surface area contributed by atoms with Crippen LogP contribution in [0.3, 0.4) is 0 Å². The molecule has 0 saturated carbocycles. The van der Waals surface area contributed by atoms with E-state index in [2.05, 4.69) is 15.4 Å². The fraction of sp³-hybridized carbons (Fsp3) is 0.263.